The highest BCUT2D eigenvalue weighted by molar-refractivity contribution is 6.06. The predicted molar refractivity (Wildman–Crippen MR) is 106 cm³/mol. The molecule has 1 aliphatic rings. The first-order chi connectivity index (χ1) is 13.5. The van der Waals surface area contributed by atoms with Crippen molar-refractivity contribution in [3.63, 3.8) is 0 Å². The third kappa shape index (κ3) is 3.64. The Hall–Kier alpha value is -2.73. The van der Waals surface area contributed by atoms with Crippen molar-refractivity contribution in [3.05, 3.63) is 65.2 Å². The van der Waals surface area contributed by atoms with E-state index in [4.69, 9.17) is 0 Å². The Bertz CT molecular complexity index is 1010. The van der Waals surface area contributed by atoms with Gasteiger partial charge in [-0.2, -0.15) is 0 Å². The summed E-state index contributed by atoms with van der Waals surface area (Å²) >= 11 is 0. The van der Waals surface area contributed by atoms with Crippen LogP contribution >= 0.6 is 0 Å². The van der Waals surface area contributed by atoms with Gasteiger partial charge in [0.25, 0.3) is 5.91 Å². The summed E-state index contributed by atoms with van der Waals surface area (Å²) in [5, 5.41) is 13.2. The van der Waals surface area contributed by atoms with Crippen molar-refractivity contribution in [1.29, 1.82) is 0 Å². The van der Waals surface area contributed by atoms with Crippen LogP contribution in [0.3, 0.4) is 0 Å². The number of nitrogens with zero attached hydrogens (tertiary/aromatic N) is 2. The Balaban J connectivity index is 1.69. The number of hydrogen-bond donors (Lipinski definition) is 2. The average Bonchev–Trinajstić information content (AvgIpc) is 3.03. The second-order valence-electron chi connectivity index (χ2n) is 7.56. The number of halogens is 1. The number of amides is 1. The summed E-state index contributed by atoms with van der Waals surface area (Å²) < 4.78 is 15.5. The lowest BCUT2D eigenvalue weighted by atomic mass is 9.92. The van der Waals surface area contributed by atoms with E-state index in [2.05, 4.69) is 10.3 Å². The molecule has 1 aliphatic carbocycles. The summed E-state index contributed by atoms with van der Waals surface area (Å²) in [6.45, 7) is 2.42. The summed E-state index contributed by atoms with van der Waals surface area (Å²) in [7, 11) is 0. The molecule has 1 saturated carbocycles. The predicted octanol–water partition coefficient (Wildman–Crippen LogP) is 3.57. The fourth-order valence-corrected chi connectivity index (χ4v) is 4.04. The van der Waals surface area contributed by atoms with E-state index in [1.54, 1.807) is 18.5 Å². The molecule has 2 atom stereocenters. The number of rotatable bonds is 4. The zero-order chi connectivity index (χ0) is 19.7. The first-order valence-electron chi connectivity index (χ1n) is 9.71. The number of aromatic nitrogens is 2. The Morgan fingerprint density at radius 1 is 1.32 bits per heavy atom. The molecule has 0 unspecified atom stereocenters. The van der Waals surface area contributed by atoms with Crippen LogP contribution in [0.1, 0.15) is 47.2 Å². The fourth-order valence-electron chi connectivity index (χ4n) is 4.04. The quantitative estimate of drug-likeness (QED) is 0.726. The van der Waals surface area contributed by atoms with E-state index in [9.17, 15) is 14.3 Å². The fraction of sp³-hybridized carbons (Fsp3) is 0.364. The van der Waals surface area contributed by atoms with E-state index in [-0.39, 0.29) is 17.8 Å². The highest BCUT2D eigenvalue weighted by atomic mass is 19.1. The van der Waals surface area contributed by atoms with Gasteiger partial charge >= 0.3 is 0 Å². The van der Waals surface area contributed by atoms with Crippen molar-refractivity contribution in [2.45, 2.75) is 51.3 Å². The summed E-state index contributed by atoms with van der Waals surface area (Å²) in [5.74, 6) is -0.514. The largest absolute Gasteiger partial charge is 0.391 e. The number of carbonyl (C=O) groups excluding carboxylic acids is 1. The summed E-state index contributed by atoms with van der Waals surface area (Å²) in [4.78, 5) is 17.4. The molecule has 0 radical (unpaired) electrons. The summed E-state index contributed by atoms with van der Waals surface area (Å²) in [6.07, 6.45) is 6.44. The van der Waals surface area contributed by atoms with E-state index < -0.39 is 6.10 Å². The SMILES string of the molecule is Cc1ccnc2c(C(=O)N[C@H]3CCCC[C@@H]3O)cn(Cc3cccc(F)c3)c12. The van der Waals surface area contributed by atoms with Gasteiger partial charge in [0.15, 0.2) is 0 Å². The van der Waals surface area contributed by atoms with E-state index in [1.807, 2.05) is 23.6 Å². The first kappa shape index (κ1) is 18.6. The van der Waals surface area contributed by atoms with Crippen LogP contribution in [0.5, 0.6) is 0 Å². The minimum absolute atomic E-state index is 0.229. The van der Waals surface area contributed by atoms with Crippen LogP contribution in [0, 0.1) is 12.7 Å². The molecule has 0 saturated heterocycles. The van der Waals surface area contributed by atoms with Crippen LogP contribution in [0.2, 0.25) is 0 Å². The van der Waals surface area contributed by atoms with Crippen molar-refractivity contribution in [2.24, 2.45) is 0 Å². The molecule has 0 spiro atoms. The van der Waals surface area contributed by atoms with Crippen molar-refractivity contribution in [3.8, 4) is 0 Å². The lowest BCUT2D eigenvalue weighted by molar-refractivity contribution is 0.0718. The molecule has 4 rings (SSSR count). The third-order valence-electron chi connectivity index (χ3n) is 5.49. The van der Waals surface area contributed by atoms with Gasteiger partial charge in [-0.15, -0.1) is 0 Å². The molecule has 2 N–H and O–H groups in total. The number of carbonyl (C=O) groups is 1. The second kappa shape index (κ2) is 7.72. The molecule has 1 aromatic carbocycles. The van der Waals surface area contributed by atoms with Gasteiger partial charge in [-0.25, -0.2) is 4.39 Å². The Kier molecular flexibility index (Phi) is 5.13. The van der Waals surface area contributed by atoms with Gasteiger partial charge in [-0.05, 0) is 49.1 Å². The van der Waals surface area contributed by atoms with Gasteiger partial charge in [-0.1, -0.05) is 25.0 Å². The number of pyridine rings is 1. The normalized spacial score (nSPS) is 19.7. The number of aliphatic hydroxyl groups excluding tert-OH is 1. The number of aryl methyl sites for hydroxylation is 1. The van der Waals surface area contributed by atoms with Crippen molar-refractivity contribution in [2.75, 3.05) is 0 Å². The Morgan fingerprint density at radius 2 is 2.14 bits per heavy atom. The number of fused-ring (bicyclic) bond motifs is 1. The maximum atomic E-state index is 13.6. The van der Waals surface area contributed by atoms with Crippen LogP contribution in [0.4, 0.5) is 4.39 Å². The summed E-state index contributed by atoms with van der Waals surface area (Å²) in [6, 6.07) is 8.12. The molecule has 2 aromatic heterocycles. The Labute approximate surface area is 163 Å². The smallest absolute Gasteiger partial charge is 0.255 e. The van der Waals surface area contributed by atoms with Crippen LogP contribution < -0.4 is 5.32 Å². The molecular formula is C22H24FN3O2. The average molecular weight is 381 g/mol. The molecule has 1 fully saturated rings. The standard InChI is InChI=1S/C22H24FN3O2/c1-14-9-10-24-20-17(22(28)25-18-7-2-3-8-19(18)27)13-26(21(14)20)12-15-5-4-6-16(23)11-15/h4-6,9-11,13,18-19,27H,2-3,7-8,12H2,1H3,(H,25,28)/t18-,19-/m0/s1. The van der Waals surface area contributed by atoms with E-state index in [0.29, 0.717) is 24.0 Å². The van der Waals surface area contributed by atoms with E-state index in [0.717, 1.165) is 35.9 Å². The van der Waals surface area contributed by atoms with Crippen LogP contribution in [-0.2, 0) is 6.54 Å². The van der Waals surface area contributed by atoms with E-state index in [1.165, 1.54) is 12.1 Å². The maximum absolute atomic E-state index is 13.6. The van der Waals surface area contributed by atoms with Gasteiger partial charge in [0, 0.05) is 18.9 Å². The lowest BCUT2D eigenvalue weighted by Gasteiger charge is -2.28. The molecule has 28 heavy (non-hydrogen) atoms. The minimum Gasteiger partial charge on any atom is -0.391 e. The van der Waals surface area contributed by atoms with Gasteiger partial charge in [0.05, 0.1) is 23.2 Å². The maximum Gasteiger partial charge on any atom is 0.255 e. The monoisotopic (exact) mass is 381 g/mol. The molecular weight excluding hydrogens is 357 g/mol. The molecule has 1 amide bonds. The Morgan fingerprint density at radius 3 is 2.93 bits per heavy atom. The van der Waals surface area contributed by atoms with Crippen LogP contribution in [0.25, 0.3) is 11.0 Å². The number of hydrogen-bond acceptors (Lipinski definition) is 3. The van der Waals surface area contributed by atoms with Crippen LogP contribution in [0.15, 0.2) is 42.7 Å². The second-order valence-corrected chi connectivity index (χ2v) is 7.56. The number of aliphatic hydroxyl groups is 1. The molecule has 0 bridgehead atoms. The summed E-state index contributed by atoms with van der Waals surface area (Å²) in [5.41, 5.74) is 3.78. The molecule has 5 nitrogen and oxygen atoms in total. The minimum atomic E-state index is -0.506. The topological polar surface area (TPSA) is 67.2 Å². The number of benzene rings is 1. The highest BCUT2D eigenvalue weighted by Gasteiger charge is 2.26. The molecule has 0 aliphatic heterocycles. The van der Waals surface area contributed by atoms with Crippen molar-refractivity contribution < 1.29 is 14.3 Å². The zero-order valence-electron chi connectivity index (χ0n) is 15.9. The van der Waals surface area contributed by atoms with Gasteiger partial charge in [-0.3, -0.25) is 9.78 Å². The highest BCUT2D eigenvalue weighted by Crippen LogP contribution is 2.25. The van der Waals surface area contributed by atoms with Crippen molar-refractivity contribution in [1.82, 2.24) is 14.9 Å². The van der Waals surface area contributed by atoms with Gasteiger partial charge in [0.2, 0.25) is 0 Å². The first-order valence-corrected chi connectivity index (χ1v) is 9.71. The van der Waals surface area contributed by atoms with Gasteiger partial charge in [0.1, 0.15) is 11.3 Å². The molecule has 3 aromatic rings. The van der Waals surface area contributed by atoms with Crippen LogP contribution in [-0.4, -0.2) is 32.7 Å². The van der Waals surface area contributed by atoms with Crippen molar-refractivity contribution >= 4 is 16.9 Å². The molecule has 6 heteroatoms. The number of nitrogens with one attached hydrogen (secondary N) is 1. The lowest BCUT2D eigenvalue weighted by Crippen LogP contribution is -2.45. The molecule has 146 valence electrons. The zero-order valence-corrected chi connectivity index (χ0v) is 15.9. The van der Waals surface area contributed by atoms with Gasteiger partial charge < -0.3 is 15.0 Å². The van der Waals surface area contributed by atoms with E-state index >= 15 is 0 Å². The third-order valence-corrected chi connectivity index (χ3v) is 5.49. The molecule has 2 heterocycles.